The number of benzene rings is 1. The molecule has 0 bridgehead atoms. The van der Waals surface area contributed by atoms with E-state index < -0.39 is 20.7 Å². The van der Waals surface area contributed by atoms with Gasteiger partial charge in [-0.1, -0.05) is 11.6 Å². The zero-order valence-electron chi connectivity index (χ0n) is 9.12. The highest BCUT2D eigenvalue weighted by molar-refractivity contribution is 9.10. The Bertz CT molecular complexity index is 720. The first-order valence-corrected chi connectivity index (χ1v) is 7.43. The van der Waals surface area contributed by atoms with Gasteiger partial charge in [0.25, 0.3) is 10.0 Å². The van der Waals surface area contributed by atoms with Crippen LogP contribution in [0.3, 0.4) is 0 Å². The molecule has 2 rings (SSSR count). The number of nitrogens with zero attached hydrogens (tertiary/aromatic N) is 1. The fraction of sp³-hybridized carbons (Fsp3) is 0. The van der Waals surface area contributed by atoms with Crippen LogP contribution in [0.25, 0.3) is 0 Å². The molecule has 0 radical (unpaired) electrons. The first-order valence-electron chi connectivity index (χ1n) is 4.78. The third kappa shape index (κ3) is 2.67. The third-order valence-electron chi connectivity index (χ3n) is 2.19. The summed E-state index contributed by atoms with van der Waals surface area (Å²) in [6.07, 6.45) is 1.34. The third-order valence-corrected chi connectivity index (χ3v) is 4.94. The number of aromatic nitrogens is 2. The lowest BCUT2D eigenvalue weighted by atomic mass is 10.3. The van der Waals surface area contributed by atoms with Gasteiger partial charge >= 0.3 is 0 Å². The van der Waals surface area contributed by atoms with Crippen molar-refractivity contribution >= 4 is 49.1 Å². The molecule has 6 nitrogen and oxygen atoms in total. The maximum Gasteiger partial charge on any atom is 0.266 e. The molecule has 1 aromatic carbocycles. The zero-order valence-corrected chi connectivity index (χ0v) is 12.3. The largest absolute Gasteiger partial charge is 0.395 e. The van der Waals surface area contributed by atoms with Crippen LogP contribution >= 0.6 is 27.5 Å². The molecule has 0 saturated carbocycles. The van der Waals surface area contributed by atoms with E-state index in [1.807, 2.05) is 0 Å². The molecule has 4 N–H and O–H groups in total. The fourth-order valence-electron chi connectivity index (χ4n) is 1.31. The molecule has 0 saturated heterocycles. The van der Waals surface area contributed by atoms with Crippen molar-refractivity contribution in [3.05, 3.63) is 33.6 Å². The molecule has 0 amide bonds. The van der Waals surface area contributed by atoms with E-state index in [2.05, 4.69) is 30.8 Å². The molecule has 19 heavy (non-hydrogen) atoms. The van der Waals surface area contributed by atoms with Gasteiger partial charge in [-0.15, -0.1) is 0 Å². The number of nitrogen functional groups attached to an aromatic ring is 1. The standard InChI is InChI=1S/C9H7BrClFN4O2S/c10-7-4(11)3-5(8(12)9(7)13)19(17,18)16-6-1-2-14-15-6/h1-3H,13H2,(H2,14,15,16). The van der Waals surface area contributed by atoms with Crippen LogP contribution in [0.2, 0.25) is 5.02 Å². The summed E-state index contributed by atoms with van der Waals surface area (Å²) in [6.45, 7) is 0. The highest BCUT2D eigenvalue weighted by atomic mass is 79.9. The van der Waals surface area contributed by atoms with Gasteiger partial charge in [0.05, 0.1) is 21.4 Å². The first-order chi connectivity index (χ1) is 8.83. The average Bonchev–Trinajstić information content (AvgIpc) is 2.83. The van der Waals surface area contributed by atoms with Crippen molar-refractivity contribution in [1.29, 1.82) is 0 Å². The number of halogens is 3. The highest BCUT2D eigenvalue weighted by Gasteiger charge is 2.24. The lowest BCUT2D eigenvalue weighted by Gasteiger charge is -2.10. The summed E-state index contributed by atoms with van der Waals surface area (Å²) >= 11 is 8.74. The fourth-order valence-corrected chi connectivity index (χ4v) is 3.00. The Morgan fingerprint density at radius 2 is 2.21 bits per heavy atom. The Kier molecular flexibility index (Phi) is 3.70. The second-order valence-corrected chi connectivity index (χ2v) is 6.33. The van der Waals surface area contributed by atoms with Crippen molar-refractivity contribution in [3.8, 4) is 0 Å². The van der Waals surface area contributed by atoms with E-state index in [0.717, 1.165) is 6.07 Å². The Morgan fingerprint density at radius 1 is 1.53 bits per heavy atom. The van der Waals surface area contributed by atoms with Crippen LogP contribution in [-0.4, -0.2) is 18.6 Å². The topological polar surface area (TPSA) is 101 Å². The van der Waals surface area contributed by atoms with E-state index in [4.69, 9.17) is 17.3 Å². The number of anilines is 2. The lowest BCUT2D eigenvalue weighted by molar-refractivity contribution is 0.572. The quantitative estimate of drug-likeness (QED) is 0.571. The van der Waals surface area contributed by atoms with Crippen LogP contribution in [0.5, 0.6) is 0 Å². The van der Waals surface area contributed by atoms with Gasteiger partial charge in [0.2, 0.25) is 0 Å². The minimum Gasteiger partial charge on any atom is -0.395 e. The summed E-state index contributed by atoms with van der Waals surface area (Å²) in [6, 6.07) is 2.34. The Balaban J connectivity index is 2.52. The van der Waals surface area contributed by atoms with E-state index in [0.29, 0.717) is 0 Å². The van der Waals surface area contributed by atoms with Crippen molar-refractivity contribution in [2.45, 2.75) is 4.90 Å². The molecular weight excluding hydrogens is 363 g/mol. The SMILES string of the molecule is Nc1c(F)c(S(=O)(=O)Nc2ccn[nH]2)cc(Cl)c1Br. The van der Waals surface area contributed by atoms with Gasteiger partial charge in [0.1, 0.15) is 10.7 Å². The van der Waals surface area contributed by atoms with Crippen LogP contribution in [-0.2, 0) is 10.0 Å². The molecule has 10 heteroatoms. The molecule has 102 valence electrons. The van der Waals surface area contributed by atoms with Gasteiger partial charge in [-0.05, 0) is 22.0 Å². The molecule has 0 spiro atoms. The number of nitrogens with one attached hydrogen (secondary N) is 2. The maximum atomic E-state index is 13.9. The van der Waals surface area contributed by atoms with Gasteiger partial charge < -0.3 is 5.73 Å². The number of aromatic amines is 1. The summed E-state index contributed by atoms with van der Waals surface area (Å²) in [7, 11) is -4.16. The second kappa shape index (κ2) is 4.99. The summed E-state index contributed by atoms with van der Waals surface area (Å²) in [5, 5.41) is 5.94. The smallest absolute Gasteiger partial charge is 0.266 e. The van der Waals surface area contributed by atoms with Crippen LogP contribution in [0.4, 0.5) is 15.9 Å². The minimum absolute atomic E-state index is 0.0103. The van der Waals surface area contributed by atoms with Gasteiger partial charge in [-0.3, -0.25) is 9.82 Å². The molecule has 0 unspecified atom stereocenters. The van der Waals surface area contributed by atoms with E-state index in [1.165, 1.54) is 12.3 Å². The molecule has 0 atom stereocenters. The number of sulfonamides is 1. The van der Waals surface area contributed by atoms with Crippen molar-refractivity contribution in [1.82, 2.24) is 10.2 Å². The van der Waals surface area contributed by atoms with Crippen LogP contribution in [0, 0.1) is 5.82 Å². The van der Waals surface area contributed by atoms with Gasteiger partial charge in [-0.25, -0.2) is 12.8 Å². The molecule has 1 aromatic heterocycles. The Morgan fingerprint density at radius 3 is 2.79 bits per heavy atom. The van der Waals surface area contributed by atoms with Crippen molar-refractivity contribution < 1.29 is 12.8 Å². The van der Waals surface area contributed by atoms with Crippen LogP contribution in [0.15, 0.2) is 27.7 Å². The van der Waals surface area contributed by atoms with Gasteiger partial charge in [0.15, 0.2) is 5.82 Å². The van der Waals surface area contributed by atoms with E-state index in [9.17, 15) is 12.8 Å². The molecule has 0 aliphatic carbocycles. The number of hydrogen-bond donors (Lipinski definition) is 3. The van der Waals surface area contributed by atoms with Crippen molar-refractivity contribution in [2.75, 3.05) is 10.5 Å². The zero-order chi connectivity index (χ0) is 14.2. The Labute approximate surface area is 121 Å². The van der Waals surface area contributed by atoms with Crippen molar-refractivity contribution in [3.63, 3.8) is 0 Å². The normalized spacial score (nSPS) is 11.5. The van der Waals surface area contributed by atoms with E-state index in [-0.39, 0.29) is 21.0 Å². The first kappa shape index (κ1) is 14.1. The molecule has 1 heterocycles. The Hall–Kier alpha value is -1.32. The van der Waals surface area contributed by atoms with E-state index in [1.54, 1.807) is 0 Å². The monoisotopic (exact) mass is 368 g/mol. The minimum atomic E-state index is -4.16. The van der Waals surface area contributed by atoms with E-state index >= 15 is 0 Å². The molecule has 0 fully saturated rings. The molecule has 0 aliphatic heterocycles. The number of H-pyrrole nitrogens is 1. The highest BCUT2D eigenvalue weighted by Crippen LogP contribution is 2.35. The molecule has 2 aromatic rings. The summed E-state index contributed by atoms with van der Waals surface area (Å²) < 4.78 is 40.1. The molecular formula is C9H7BrClFN4O2S. The summed E-state index contributed by atoms with van der Waals surface area (Å²) in [5.74, 6) is -0.986. The predicted octanol–water partition coefficient (Wildman–Crippen LogP) is 2.35. The van der Waals surface area contributed by atoms with Crippen LogP contribution in [0.1, 0.15) is 0 Å². The average molecular weight is 370 g/mol. The van der Waals surface area contributed by atoms with Gasteiger partial charge in [-0.2, -0.15) is 5.10 Å². The second-order valence-electron chi connectivity index (χ2n) is 3.47. The van der Waals surface area contributed by atoms with Crippen LogP contribution < -0.4 is 10.5 Å². The predicted molar refractivity (Wildman–Crippen MR) is 72.9 cm³/mol. The maximum absolute atomic E-state index is 13.9. The number of rotatable bonds is 3. The van der Waals surface area contributed by atoms with Crippen molar-refractivity contribution in [2.24, 2.45) is 0 Å². The summed E-state index contributed by atoms with van der Waals surface area (Å²) in [5.41, 5.74) is 5.06. The number of nitrogens with two attached hydrogens (primary N) is 1. The lowest BCUT2D eigenvalue weighted by Crippen LogP contribution is -2.16. The molecule has 0 aliphatic rings. The summed E-state index contributed by atoms with van der Waals surface area (Å²) in [4.78, 5) is -0.646. The van der Waals surface area contributed by atoms with Gasteiger partial charge in [0, 0.05) is 6.07 Å². The number of hydrogen-bond acceptors (Lipinski definition) is 4.